The van der Waals surface area contributed by atoms with Gasteiger partial charge < -0.3 is 4.90 Å². The zero-order valence-corrected chi connectivity index (χ0v) is 22.7. The second kappa shape index (κ2) is 17.8. The van der Waals surface area contributed by atoms with Gasteiger partial charge in [-0.05, 0) is 74.1 Å². The highest BCUT2D eigenvalue weighted by Gasteiger charge is 1.99. The summed E-state index contributed by atoms with van der Waals surface area (Å²) >= 11 is 3.45. The highest BCUT2D eigenvalue weighted by atomic mass is 79.9. The Morgan fingerprint density at radius 2 is 1.43 bits per heavy atom. The van der Waals surface area contributed by atoms with E-state index >= 15 is 0 Å². The molecule has 0 spiro atoms. The molecule has 2 aromatic rings. The monoisotopic (exact) mass is 477 g/mol. The minimum Gasteiger partial charge on any atom is -0.304 e. The molecule has 0 aliphatic carbocycles. The Morgan fingerprint density at radius 1 is 0.833 bits per heavy atom. The topological polar surface area (TPSA) is 3.24 Å². The molecule has 1 unspecified atom stereocenters. The minimum absolute atomic E-state index is 0.866. The van der Waals surface area contributed by atoms with Crippen molar-refractivity contribution < 1.29 is 0 Å². The molecule has 0 aromatic heterocycles. The fourth-order valence-electron chi connectivity index (χ4n) is 3.30. The Morgan fingerprint density at radius 3 is 1.93 bits per heavy atom. The Bertz CT molecular complexity index is 619. The third-order valence-corrected chi connectivity index (χ3v) is 6.08. The van der Waals surface area contributed by atoms with Gasteiger partial charge in [0.2, 0.25) is 0 Å². The lowest BCUT2D eigenvalue weighted by Gasteiger charge is -2.18. The van der Waals surface area contributed by atoms with Crippen LogP contribution in [0.2, 0.25) is 0 Å². The maximum Gasteiger partial charge on any atom is 0.0181 e. The van der Waals surface area contributed by atoms with Crippen molar-refractivity contribution in [2.24, 2.45) is 11.8 Å². The van der Waals surface area contributed by atoms with Crippen LogP contribution in [-0.2, 0) is 0 Å². The van der Waals surface area contributed by atoms with E-state index in [0.717, 1.165) is 16.3 Å². The van der Waals surface area contributed by atoms with Gasteiger partial charge in [0.15, 0.2) is 0 Å². The standard InChI is InChI=1S/C11H9Br.C10H23N.C7H16/c1-8-2-3-10-7-11(12)5-4-9(10)6-8;1-5-11(6-2)9-7-8-10(3)4;1-4-6-7(3)5-2/h2-7H,1H3;10H,5-9H2,1-4H3;7H,4-6H2,1-3H3. The molecule has 0 fully saturated rings. The number of rotatable bonds is 9. The molecule has 0 radical (unpaired) electrons. The summed E-state index contributed by atoms with van der Waals surface area (Å²) in [6.45, 7) is 21.7. The normalized spacial score (nSPS) is 11.7. The molecular weight excluding hydrogens is 430 g/mol. The van der Waals surface area contributed by atoms with E-state index < -0.39 is 0 Å². The minimum atomic E-state index is 0.866. The lowest BCUT2D eigenvalue weighted by atomic mass is 10.0. The molecule has 2 rings (SSSR count). The van der Waals surface area contributed by atoms with Gasteiger partial charge in [-0.25, -0.2) is 0 Å². The Hall–Kier alpha value is -0.860. The zero-order chi connectivity index (χ0) is 22.9. The van der Waals surface area contributed by atoms with Crippen molar-refractivity contribution in [3.05, 3.63) is 46.4 Å². The molecule has 2 heteroatoms. The van der Waals surface area contributed by atoms with Crippen LogP contribution >= 0.6 is 15.9 Å². The second-order valence-electron chi connectivity index (χ2n) is 8.86. The summed E-state index contributed by atoms with van der Waals surface area (Å²) in [6.07, 6.45) is 6.81. The first-order chi connectivity index (χ1) is 14.3. The van der Waals surface area contributed by atoms with Crippen molar-refractivity contribution in [3.8, 4) is 0 Å². The van der Waals surface area contributed by atoms with Crippen molar-refractivity contribution in [1.29, 1.82) is 0 Å². The van der Waals surface area contributed by atoms with Crippen LogP contribution < -0.4 is 0 Å². The van der Waals surface area contributed by atoms with E-state index in [4.69, 9.17) is 0 Å². The van der Waals surface area contributed by atoms with E-state index in [2.05, 4.69) is 113 Å². The lowest BCUT2D eigenvalue weighted by molar-refractivity contribution is 0.290. The number of fused-ring (bicyclic) bond motifs is 1. The third-order valence-electron chi connectivity index (χ3n) is 5.59. The van der Waals surface area contributed by atoms with Gasteiger partial charge >= 0.3 is 0 Å². The van der Waals surface area contributed by atoms with Crippen molar-refractivity contribution in [3.63, 3.8) is 0 Å². The largest absolute Gasteiger partial charge is 0.304 e. The fraction of sp³-hybridized carbons (Fsp3) is 0.643. The van der Waals surface area contributed by atoms with Crippen LogP contribution in [0.15, 0.2) is 40.9 Å². The molecule has 30 heavy (non-hydrogen) atoms. The van der Waals surface area contributed by atoms with Gasteiger partial charge in [-0.3, -0.25) is 0 Å². The number of hydrogen-bond acceptors (Lipinski definition) is 1. The molecule has 1 atom stereocenters. The van der Waals surface area contributed by atoms with E-state index in [0.29, 0.717) is 0 Å². The maximum atomic E-state index is 3.45. The molecule has 0 saturated heterocycles. The van der Waals surface area contributed by atoms with E-state index in [1.54, 1.807) is 0 Å². The van der Waals surface area contributed by atoms with E-state index in [1.165, 1.54) is 68.1 Å². The summed E-state index contributed by atoms with van der Waals surface area (Å²) in [5, 5.41) is 2.59. The van der Waals surface area contributed by atoms with E-state index in [9.17, 15) is 0 Å². The van der Waals surface area contributed by atoms with Crippen LogP contribution in [-0.4, -0.2) is 24.5 Å². The highest BCUT2D eigenvalue weighted by molar-refractivity contribution is 9.10. The van der Waals surface area contributed by atoms with Crippen LogP contribution in [0.3, 0.4) is 0 Å². The Labute approximate surface area is 196 Å². The van der Waals surface area contributed by atoms with Crippen molar-refractivity contribution in [2.45, 2.75) is 87.5 Å². The summed E-state index contributed by atoms with van der Waals surface area (Å²) in [5.74, 6) is 1.82. The van der Waals surface area contributed by atoms with Crippen molar-refractivity contribution in [1.82, 2.24) is 4.90 Å². The molecule has 0 bridgehead atoms. The average Bonchev–Trinajstić information content (AvgIpc) is 2.72. The summed E-state index contributed by atoms with van der Waals surface area (Å²) in [5.41, 5.74) is 1.31. The lowest BCUT2D eigenvalue weighted by Crippen LogP contribution is -2.24. The molecule has 0 N–H and O–H groups in total. The maximum absolute atomic E-state index is 3.45. The molecule has 0 aliphatic heterocycles. The van der Waals surface area contributed by atoms with Crippen molar-refractivity contribution in [2.75, 3.05) is 19.6 Å². The molecule has 1 nitrogen and oxygen atoms in total. The zero-order valence-electron chi connectivity index (χ0n) is 21.1. The van der Waals surface area contributed by atoms with E-state index in [1.807, 2.05) is 0 Å². The summed E-state index contributed by atoms with van der Waals surface area (Å²) in [6, 6.07) is 12.8. The van der Waals surface area contributed by atoms with Crippen LogP contribution in [0, 0.1) is 18.8 Å². The van der Waals surface area contributed by atoms with Crippen LogP contribution in [0.5, 0.6) is 0 Å². The number of halogens is 1. The van der Waals surface area contributed by atoms with Gasteiger partial charge in [0, 0.05) is 4.47 Å². The number of hydrogen-bond donors (Lipinski definition) is 0. The van der Waals surface area contributed by atoms with Gasteiger partial charge in [-0.15, -0.1) is 0 Å². The Kier molecular flexibility index (Phi) is 17.3. The van der Waals surface area contributed by atoms with Crippen LogP contribution in [0.25, 0.3) is 10.8 Å². The first-order valence-electron chi connectivity index (χ1n) is 12.1. The van der Waals surface area contributed by atoms with Crippen LogP contribution in [0.4, 0.5) is 0 Å². The molecule has 0 amide bonds. The number of aryl methyl sites for hydroxylation is 1. The Balaban J connectivity index is 0.000000438. The average molecular weight is 479 g/mol. The predicted molar refractivity (Wildman–Crippen MR) is 143 cm³/mol. The predicted octanol–water partition coefficient (Wildman–Crippen LogP) is 9.51. The summed E-state index contributed by atoms with van der Waals surface area (Å²) in [7, 11) is 0. The highest BCUT2D eigenvalue weighted by Crippen LogP contribution is 2.20. The molecule has 0 saturated carbocycles. The smallest absolute Gasteiger partial charge is 0.0181 e. The van der Waals surface area contributed by atoms with E-state index in [-0.39, 0.29) is 0 Å². The first kappa shape index (κ1) is 29.1. The van der Waals surface area contributed by atoms with Crippen molar-refractivity contribution >= 4 is 26.7 Å². The number of benzene rings is 2. The second-order valence-corrected chi connectivity index (χ2v) is 9.78. The van der Waals surface area contributed by atoms with Gasteiger partial charge in [0.1, 0.15) is 0 Å². The SMILES string of the molecule is CCCC(C)CC.CCN(CC)CCCC(C)C.Cc1ccc2cc(Br)ccc2c1. The molecule has 172 valence electrons. The molecule has 0 heterocycles. The first-order valence-corrected chi connectivity index (χ1v) is 12.9. The summed E-state index contributed by atoms with van der Waals surface area (Å²) in [4.78, 5) is 2.49. The fourth-order valence-corrected chi connectivity index (χ4v) is 3.67. The van der Waals surface area contributed by atoms with Gasteiger partial charge in [0.05, 0.1) is 0 Å². The van der Waals surface area contributed by atoms with Crippen LogP contribution in [0.1, 0.15) is 86.1 Å². The van der Waals surface area contributed by atoms with Gasteiger partial charge in [0.25, 0.3) is 0 Å². The molecular formula is C28H48BrN. The molecule has 0 aliphatic rings. The number of nitrogens with zero attached hydrogens (tertiary/aromatic N) is 1. The third kappa shape index (κ3) is 14.2. The van der Waals surface area contributed by atoms with Gasteiger partial charge in [-0.1, -0.05) is 113 Å². The molecule has 2 aromatic carbocycles. The van der Waals surface area contributed by atoms with Gasteiger partial charge in [-0.2, -0.15) is 0 Å². The summed E-state index contributed by atoms with van der Waals surface area (Å²) < 4.78 is 1.14. The quantitative estimate of drug-likeness (QED) is 0.347.